The average molecular weight is 341 g/mol. The Morgan fingerprint density at radius 3 is 2.70 bits per heavy atom. The zero-order chi connectivity index (χ0) is 17.2. The van der Waals surface area contributed by atoms with Gasteiger partial charge >= 0.3 is 0 Å². The fraction of sp³-hybridized carbons (Fsp3) is 0.533. The van der Waals surface area contributed by atoms with E-state index in [9.17, 15) is 13.2 Å². The standard InChI is InChI=1S/C15H23N3O4S/c1-17(2)23(20,21)14-9-11(6-7-13(14)22-3)15(19)18-8-4-5-12(18)10-16/h6-7,9,12H,4-5,8,10,16H2,1-3H3. The first-order valence-corrected chi connectivity index (χ1v) is 8.88. The predicted octanol–water partition coefficient (Wildman–Crippen LogP) is 0.509. The van der Waals surface area contributed by atoms with Crippen molar-refractivity contribution in [1.29, 1.82) is 0 Å². The molecule has 0 saturated carbocycles. The molecule has 1 atom stereocenters. The van der Waals surface area contributed by atoms with Gasteiger partial charge in [0, 0.05) is 38.8 Å². The Kier molecular flexibility index (Phi) is 5.28. The minimum atomic E-state index is -3.71. The van der Waals surface area contributed by atoms with Crippen molar-refractivity contribution in [3.05, 3.63) is 23.8 Å². The number of ether oxygens (including phenoxy) is 1. The van der Waals surface area contributed by atoms with Crippen molar-refractivity contribution in [1.82, 2.24) is 9.21 Å². The van der Waals surface area contributed by atoms with E-state index in [0.717, 1.165) is 17.1 Å². The molecule has 1 amide bonds. The van der Waals surface area contributed by atoms with Gasteiger partial charge in [-0.2, -0.15) is 0 Å². The molecule has 7 nitrogen and oxygen atoms in total. The second kappa shape index (κ2) is 6.86. The van der Waals surface area contributed by atoms with Crippen LogP contribution in [0, 0.1) is 0 Å². The number of carbonyl (C=O) groups excluding carboxylic acids is 1. The molecule has 0 bridgehead atoms. The first-order chi connectivity index (χ1) is 10.8. The molecule has 128 valence electrons. The molecule has 23 heavy (non-hydrogen) atoms. The van der Waals surface area contributed by atoms with Crippen molar-refractivity contribution in [2.24, 2.45) is 5.73 Å². The molecule has 1 aliphatic rings. The number of hydrogen-bond donors (Lipinski definition) is 1. The van der Waals surface area contributed by atoms with Gasteiger partial charge in [-0.1, -0.05) is 0 Å². The first-order valence-electron chi connectivity index (χ1n) is 7.44. The molecule has 2 N–H and O–H groups in total. The molecule has 1 heterocycles. The maximum absolute atomic E-state index is 12.7. The Labute approximate surface area is 137 Å². The van der Waals surface area contributed by atoms with Gasteiger partial charge in [0.05, 0.1) is 7.11 Å². The molecule has 0 aliphatic carbocycles. The summed E-state index contributed by atoms with van der Waals surface area (Å²) in [6, 6.07) is 4.49. The number of likely N-dealkylation sites (tertiary alicyclic amines) is 1. The van der Waals surface area contributed by atoms with Crippen LogP contribution >= 0.6 is 0 Å². The van der Waals surface area contributed by atoms with Crippen LogP contribution in [0.5, 0.6) is 5.75 Å². The van der Waals surface area contributed by atoms with Crippen molar-refractivity contribution >= 4 is 15.9 Å². The molecule has 8 heteroatoms. The third-order valence-corrected chi connectivity index (χ3v) is 5.92. The third-order valence-electron chi connectivity index (χ3n) is 4.08. The lowest BCUT2D eigenvalue weighted by molar-refractivity contribution is 0.0741. The van der Waals surface area contributed by atoms with E-state index in [1.807, 2.05) is 0 Å². The minimum Gasteiger partial charge on any atom is -0.495 e. The summed E-state index contributed by atoms with van der Waals surface area (Å²) < 4.78 is 31.1. The lowest BCUT2D eigenvalue weighted by Gasteiger charge is -2.24. The Balaban J connectivity index is 2.44. The topological polar surface area (TPSA) is 92.9 Å². The fourth-order valence-corrected chi connectivity index (χ4v) is 3.80. The maximum Gasteiger partial charge on any atom is 0.254 e. The van der Waals surface area contributed by atoms with Gasteiger partial charge in [0.15, 0.2) is 0 Å². The highest BCUT2D eigenvalue weighted by Crippen LogP contribution is 2.28. The summed E-state index contributed by atoms with van der Waals surface area (Å²) in [5.41, 5.74) is 6.03. The van der Waals surface area contributed by atoms with Gasteiger partial charge in [0.25, 0.3) is 5.91 Å². The Morgan fingerprint density at radius 1 is 1.43 bits per heavy atom. The average Bonchev–Trinajstić information content (AvgIpc) is 3.01. The largest absolute Gasteiger partial charge is 0.495 e. The number of nitrogens with zero attached hydrogens (tertiary/aromatic N) is 2. The maximum atomic E-state index is 12.7. The summed E-state index contributed by atoms with van der Waals surface area (Å²) in [5.74, 6) is 0.0165. The van der Waals surface area contributed by atoms with Gasteiger partial charge in [-0.25, -0.2) is 12.7 Å². The van der Waals surface area contributed by atoms with E-state index in [4.69, 9.17) is 10.5 Å². The molecule has 0 spiro atoms. The molecule has 1 aromatic rings. The van der Waals surface area contributed by atoms with Gasteiger partial charge in [0.2, 0.25) is 10.0 Å². The molecule has 1 aromatic carbocycles. The fourth-order valence-electron chi connectivity index (χ4n) is 2.72. The summed E-state index contributed by atoms with van der Waals surface area (Å²) in [7, 11) is 0.571. The van der Waals surface area contributed by atoms with Crippen LogP contribution in [0.3, 0.4) is 0 Å². The van der Waals surface area contributed by atoms with Crippen LogP contribution in [0.4, 0.5) is 0 Å². The molecule has 1 fully saturated rings. The number of sulfonamides is 1. The quantitative estimate of drug-likeness (QED) is 0.842. The van der Waals surface area contributed by atoms with E-state index >= 15 is 0 Å². The van der Waals surface area contributed by atoms with Crippen molar-refractivity contribution < 1.29 is 17.9 Å². The van der Waals surface area contributed by atoms with E-state index in [2.05, 4.69) is 0 Å². The summed E-state index contributed by atoms with van der Waals surface area (Å²) in [5, 5.41) is 0. The van der Waals surface area contributed by atoms with Gasteiger partial charge < -0.3 is 15.4 Å². The Bertz CT molecular complexity index is 688. The lowest BCUT2D eigenvalue weighted by atomic mass is 10.1. The molecule has 1 unspecified atom stereocenters. The monoisotopic (exact) mass is 341 g/mol. The number of nitrogens with two attached hydrogens (primary N) is 1. The van der Waals surface area contributed by atoms with Crippen molar-refractivity contribution in [3.8, 4) is 5.75 Å². The van der Waals surface area contributed by atoms with Crippen molar-refractivity contribution in [2.75, 3.05) is 34.3 Å². The predicted molar refractivity (Wildman–Crippen MR) is 87.0 cm³/mol. The van der Waals surface area contributed by atoms with E-state index < -0.39 is 10.0 Å². The van der Waals surface area contributed by atoms with Gasteiger partial charge in [0.1, 0.15) is 10.6 Å². The van der Waals surface area contributed by atoms with Crippen LogP contribution in [-0.4, -0.2) is 63.9 Å². The second-order valence-electron chi connectivity index (χ2n) is 5.68. The first kappa shape index (κ1) is 17.7. The molecule has 1 saturated heterocycles. The molecular formula is C15H23N3O4S. The third kappa shape index (κ3) is 3.34. The van der Waals surface area contributed by atoms with Crippen LogP contribution in [-0.2, 0) is 10.0 Å². The zero-order valence-corrected chi connectivity index (χ0v) is 14.5. The number of hydrogen-bond acceptors (Lipinski definition) is 5. The van der Waals surface area contributed by atoms with E-state index in [-0.39, 0.29) is 22.6 Å². The van der Waals surface area contributed by atoms with E-state index in [1.165, 1.54) is 33.3 Å². The molecular weight excluding hydrogens is 318 g/mol. The Hall–Kier alpha value is -1.64. The van der Waals surface area contributed by atoms with Gasteiger partial charge in [-0.05, 0) is 31.0 Å². The highest BCUT2D eigenvalue weighted by Gasteiger charge is 2.30. The van der Waals surface area contributed by atoms with Crippen LogP contribution in [0.25, 0.3) is 0 Å². The highest BCUT2D eigenvalue weighted by molar-refractivity contribution is 7.89. The second-order valence-corrected chi connectivity index (χ2v) is 7.80. The summed E-state index contributed by atoms with van der Waals surface area (Å²) in [6.45, 7) is 1.05. The highest BCUT2D eigenvalue weighted by atomic mass is 32.2. The van der Waals surface area contributed by atoms with Crippen LogP contribution in [0.15, 0.2) is 23.1 Å². The minimum absolute atomic E-state index is 0.0125. The van der Waals surface area contributed by atoms with Crippen molar-refractivity contribution in [3.63, 3.8) is 0 Å². The number of amides is 1. The Morgan fingerprint density at radius 2 is 2.13 bits per heavy atom. The molecule has 0 radical (unpaired) electrons. The summed E-state index contributed by atoms with van der Waals surface area (Å²) in [6.07, 6.45) is 1.79. The van der Waals surface area contributed by atoms with E-state index in [1.54, 1.807) is 11.0 Å². The smallest absolute Gasteiger partial charge is 0.254 e. The molecule has 0 aromatic heterocycles. The van der Waals surface area contributed by atoms with Gasteiger partial charge in [-0.15, -0.1) is 0 Å². The van der Waals surface area contributed by atoms with Crippen molar-refractivity contribution in [2.45, 2.75) is 23.8 Å². The number of benzene rings is 1. The molecule has 2 rings (SSSR count). The van der Waals surface area contributed by atoms with Crippen LogP contribution < -0.4 is 10.5 Å². The van der Waals surface area contributed by atoms with Crippen LogP contribution in [0.2, 0.25) is 0 Å². The number of methoxy groups -OCH3 is 1. The number of carbonyl (C=O) groups is 1. The normalized spacial score (nSPS) is 18.5. The van der Waals surface area contributed by atoms with Crippen LogP contribution in [0.1, 0.15) is 23.2 Å². The lowest BCUT2D eigenvalue weighted by Crippen LogP contribution is -2.40. The SMILES string of the molecule is COc1ccc(C(=O)N2CCCC2CN)cc1S(=O)(=O)N(C)C. The zero-order valence-electron chi connectivity index (χ0n) is 13.7. The van der Waals surface area contributed by atoms with Gasteiger partial charge in [-0.3, -0.25) is 4.79 Å². The van der Waals surface area contributed by atoms with E-state index in [0.29, 0.717) is 18.7 Å². The summed E-state index contributed by atoms with van der Waals surface area (Å²) in [4.78, 5) is 14.4. The molecule has 1 aliphatic heterocycles. The number of rotatable bonds is 5. The summed E-state index contributed by atoms with van der Waals surface area (Å²) >= 11 is 0.